The molecular formula is C19H23NOS. The van der Waals surface area contributed by atoms with Gasteiger partial charge < -0.3 is 4.90 Å². The van der Waals surface area contributed by atoms with Crippen molar-refractivity contribution in [2.24, 2.45) is 0 Å². The van der Waals surface area contributed by atoms with Gasteiger partial charge in [0.05, 0.1) is 4.88 Å². The summed E-state index contributed by atoms with van der Waals surface area (Å²) in [6, 6.07) is 13.2. The molecule has 0 aliphatic heterocycles. The summed E-state index contributed by atoms with van der Waals surface area (Å²) in [4.78, 5) is 15.5. The molecular weight excluding hydrogens is 290 g/mol. The molecule has 0 unspecified atom stereocenters. The van der Waals surface area contributed by atoms with Crippen molar-refractivity contribution < 1.29 is 4.79 Å². The lowest BCUT2D eigenvalue weighted by atomic mass is 9.81. The lowest BCUT2D eigenvalue weighted by Crippen LogP contribution is -2.39. The van der Waals surface area contributed by atoms with E-state index in [0.717, 1.165) is 23.3 Å². The number of carbonyl (C=O) groups is 1. The summed E-state index contributed by atoms with van der Waals surface area (Å²) in [6.07, 6.45) is 4.56. The number of hydrogen-bond donors (Lipinski definition) is 0. The summed E-state index contributed by atoms with van der Waals surface area (Å²) < 4.78 is 0. The molecule has 2 nitrogen and oxygen atoms in total. The van der Waals surface area contributed by atoms with Crippen molar-refractivity contribution >= 4 is 17.2 Å². The minimum atomic E-state index is 0.190. The average molecular weight is 313 g/mol. The van der Waals surface area contributed by atoms with Crippen LogP contribution in [0.4, 0.5) is 0 Å². The summed E-state index contributed by atoms with van der Waals surface area (Å²) in [7, 11) is 1.97. The van der Waals surface area contributed by atoms with E-state index in [1.54, 1.807) is 11.3 Å². The predicted octanol–water partition coefficient (Wildman–Crippen LogP) is 4.85. The maximum Gasteiger partial charge on any atom is 0.264 e. The highest BCUT2D eigenvalue weighted by Gasteiger charge is 2.28. The second-order valence-corrected chi connectivity index (χ2v) is 7.18. The van der Waals surface area contributed by atoms with Gasteiger partial charge in [-0.2, -0.15) is 0 Å². The second-order valence-electron chi connectivity index (χ2n) is 6.26. The van der Waals surface area contributed by atoms with Gasteiger partial charge in [0, 0.05) is 13.1 Å². The molecule has 0 spiro atoms. The number of nitrogens with zero attached hydrogens (tertiary/aromatic N) is 1. The van der Waals surface area contributed by atoms with Crippen molar-refractivity contribution in [3.05, 3.63) is 57.8 Å². The Kier molecular flexibility index (Phi) is 4.63. The second kappa shape index (κ2) is 6.66. The van der Waals surface area contributed by atoms with Gasteiger partial charge in [0.1, 0.15) is 0 Å². The van der Waals surface area contributed by atoms with Crippen LogP contribution in [0.3, 0.4) is 0 Å². The standard InChI is InChI=1S/C19H23NOS/c1-14-12-13-22-18(14)19(21)20(2)17-10-8-16(9-11-17)15-6-4-3-5-7-15/h3-7,12-13,16-17H,8-11H2,1-2H3. The van der Waals surface area contributed by atoms with Gasteiger partial charge in [0.25, 0.3) is 5.91 Å². The zero-order chi connectivity index (χ0) is 15.5. The van der Waals surface area contributed by atoms with Gasteiger partial charge in [0.2, 0.25) is 0 Å². The largest absolute Gasteiger partial charge is 0.338 e. The number of benzene rings is 1. The van der Waals surface area contributed by atoms with Gasteiger partial charge >= 0.3 is 0 Å². The van der Waals surface area contributed by atoms with E-state index < -0.39 is 0 Å². The van der Waals surface area contributed by atoms with E-state index in [-0.39, 0.29) is 5.91 Å². The average Bonchev–Trinajstić information content (AvgIpc) is 3.00. The molecule has 1 aliphatic rings. The van der Waals surface area contributed by atoms with E-state index in [1.807, 2.05) is 30.3 Å². The van der Waals surface area contributed by atoms with Crippen LogP contribution in [-0.2, 0) is 0 Å². The first-order valence-electron chi connectivity index (χ1n) is 8.03. The first-order chi connectivity index (χ1) is 10.7. The lowest BCUT2D eigenvalue weighted by molar-refractivity contribution is 0.0693. The predicted molar refractivity (Wildman–Crippen MR) is 92.6 cm³/mol. The number of thiophene rings is 1. The van der Waals surface area contributed by atoms with Crippen LogP contribution in [0.25, 0.3) is 0 Å². The van der Waals surface area contributed by atoms with E-state index >= 15 is 0 Å². The minimum Gasteiger partial charge on any atom is -0.338 e. The molecule has 1 saturated carbocycles. The monoisotopic (exact) mass is 313 g/mol. The molecule has 0 N–H and O–H groups in total. The fourth-order valence-corrected chi connectivity index (χ4v) is 4.35. The van der Waals surface area contributed by atoms with Crippen molar-refractivity contribution in [3.8, 4) is 0 Å². The fraction of sp³-hybridized carbons (Fsp3) is 0.421. The normalized spacial score (nSPS) is 21.5. The van der Waals surface area contributed by atoms with E-state index in [0.29, 0.717) is 12.0 Å². The summed E-state index contributed by atoms with van der Waals surface area (Å²) in [5.41, 5.74) is 2.55. The zero-order valence-electron chi connectivity index (χ0n) is 13.3. The summed E-state index contributed by atoms with van der Waals surface area (Å²) in [6.45, 7) is 2.02. The van der Waals surface area contributed by atoms with Gasteiger partial charge in [-0.1, -0.05) is 30.3 Å². The molecule has 0 radical (unpaired) electrons. The maximum atomic E-state index is 12.6. The third-order valence-electron chi connectivity index (χ3n) is 4.89. The molecule has 1 aromatic carbocycles. The zero-order valence-corrected chi connectivity index (χ0v) is 14.1. The summed E-state index contributed by atoms with van der Waals surface area (Å²) in [5.74, 6) is 0.847. The lowest BCUT2D eigenvalue weighted by Gasteiger charge is -2.34. The molecule has 1 aliphatic carbocycles. The Morgan fingerprint density at radius 1 is 1.09 bits per heavy atom. The molecule has 0 saturated heterocycles. The Bertz CT molecular complexity index is 626. The van der Waals surface area contributed by atoms with Crippen molar-refractivity contribution in [3.63, 3.8) is 0 Å². The molecule has 1 aromatic heterocycles. The van der Waals surface area contributed by atoms with Crippen LogP contribution in [0.15, 0.2) is 41.8 Å². The fourth-order valence-electron chi connectivity index (χ4n) is 3.44. The third-order valence-corrected chi connectivity index (χ3v) is 5.90. The van der Waals surface area contributed by atoms with Gasteiger partial charge in [0.15, 0.2) is 0 Å². The van der Waals surface area contributed by atoms with Crippen LogP contribution < -0.4 is 0 Å². The van der Waals surface area contributed by atoms with E-state index in [4.69, 9.17) is 0 Å². The van der Waals surface area contributed by atoms with Crippen LogP contribution in [-0.4, -0.2) is 23.9 Å². The Labute approximate surface area is 136 Å². The van der Waals surface area contributed by atoms with Gasteiger partial charge in [-0.25, -0.2) is 0 Å². The molecule has 116 valence electrons. The first kappa shape index (κ1) is 15.3. The maximum absolute atomic E-state index is 12.6. The summed E-state index contributed by atoms with van der Waals surface area (Å²) in [5, 5.41) is 2.00. The van der Waals surface area contributed by atoms with Crippen molar-refractivity contribution in [1.29, 1.82) is 0 Å². The Morgan fingerprint density at radius 3 is 2.36 bits per heavy atom. The first-order valence-corrected chi connectivity index (χ1v) is 8.91. The number of hydrogen-bond acceptors (Lipinski definition) is 2. The molecule has 1 fully saturated rings. The Balaban J connectivity index is 1.61. The molecule has 3 heteroatoms. The van der Waals surface area contributed by atoms with Gasteiger partial charge in [-0.05, 0) is 61.1 Å². The minimum absolute atomic E-state index is 0.190. The van der Waals surface area contributed by atoms with Crippen molar-refractivity contribution in [1.82, 2.24) is 4.90 Å². The highest BCUT2D eigenvalue weighted by atomic mass is 32.1. The topological polar surface area (TPSA) is 20.3 Å². The van der Waals surface area contributed by atoms with Crippen molar-refractivity contribution in [2.75, 3.05) is 7.05 Å². The smallest absolute Gasteiger partial charge is 0.264 e. The molecule has 3 rings (SSSR count). The van der Waals surface area contributed by atoms with E-state index in [2.05, 4.69) is 30.3 Å². The highest BCUT2D eigenvalue weighted by Crippen LogP contribution is 2.35. The van der Waals surface area contributed by atoms with E-state index in [1.165, 1.54) is 18.4 Å². The highest BCUT2D eigenvalue weighted by molar-refractivity contribution is 7.12. The van der Waals surface area contributed by atoms with E-state index in [9.17, 15) is 4.79 Å². The molecule has 0 bridgehead atoms. The van der Waals surface area contributed by atoms with Crippen LogP contribution in [0.1, 0.15) is 52.4 Å². The van der Waals surface area contributed by atoms with Crippen LogP contribution in [0.5, 0.6) is 0 Å². The van der Waals surface area contributed by atoms with Crippen LogP contribution >= 0.6 is 11.3 Å². The molecule has 0 atom stereocenters. The quantitative estimate of drug-likeness (QED) is 0.793. The Hall–Kier alpha value is -1.61. The molecule has 2 aromatic rings. The number of rotatable bonds is 3. The number of carbonyl (C=O) groups excluding carboxylic acids is 1. The summed E-state index contributed by atoms with van der Waals surface area (Å²) >= 11 is 1.56. The van der Waals surface area contributed by atoms with Crippen molar-refractivity contribution in [2.45, 2.75) is 44.6 Å². The van der Waals surface area contributed by atoms with Crippen LogP contribution in [0, 0.1) is 6.92 Å². The SMILES string of the molecule is Cc1ccsc1C(=O)N(C)C1CCC(c2ccccc2)CC1. The Morgan fingerprint density at radius 2 is 1.77 bits per heavy atom. The number of aryl methyl sites for hydroxylation is 1. The van der Waals surface area contributed by atoms with Gasteiger partial charge in [-0.3, -0.25) is 4.79 Å². The molecule has 1 heterocycles. The van der Waals surface area contributed by atoms with Gasteiger partial charge in [-0.15, -0.1) is 11.3 Å². The number of amides is 1. The van der Waals surface area contributed by atoms with Crippen LogP contribution in [0.2, 0.25) is 0 Å². The molecule has 22 heavy (non-hydrogen) atoms. The third kappa shape index (κ3) is 3.09. The molecule has 1 amide bonds.